The first kappa shape index (κ1) is 21.9. The second-order valence-electron chi connectivity index (χ2n) is 7.93. The van der Waals surface area contributed by atoms with E-state index in [2.05, 4.69) is 21.6 Å². The van der Waals surface area contributed by atoms with E-state index in [1.807, 2.05) is 68.4 Å². The van der Waals surface area contributed by atoms with Gasteiger partial charge in [0.15, 0.2) is 11.6 Å². The molecule has 3 heterocycles. The summed E-state index contributed by atoms with van der Waals surface area (Å²) in [7, 11) is 1.59. The van der Waals surface area contributed by atoms with Gasteiger partial charge in [0.25, 0.3) is 5.91 Å². The zero-order valence-electron chi connectivity index (χ0n) is 19.4. The van der Waals surface area contributed by atoms with Gasteiger partial charge in [0, 0.05) is 5.39 Å². The fourth-order valence-electron chi connectivity index (χ4n) is 4.01. The van der Waals surface area contributed by atoms with Crippen molar-refractivity contribution >= 4 is 22.6 Å². The highest BCUT2D eigenvalue weighted by atomic mass is 16.5. The number of aromatic nitrogens is 5. The van der Waals surface area contributed by atoms with Crippen LogP contribution in [0.2, 0.25) is 0 Å². The van der Waals surface area contributed by atoms with Crippen LogP contribution in [-0.4, -0.2) is 37.6 Å². The smallest absolute Gasteiger partial charge is 0.260 e. The number of amides is 1. The summed E-state index contributed by atoms with van der Waals surface area (Å²) in [5.74, 6) is 0.895. The molecule has 3 aromatic heterocycles. The maximum atomic E-state index is 13.3. The predicted octanol–water partition coefficient (Wildman–Crippen LogP) is 4.36. The number of anilines is 1. The van der Waals surface area contributed by atoms with Gasteiger partial charge in [-0.3, -0.25) is 4.79 Å². The first-order chi connectivity index (χ1) is 17.0. The van der Waals surface area contributed by atoms with Crippen molar-refractivity contribution in [2.75, 3.05) is 12.4 Å². The Morgan fingerprint density at radius 1 is 1.03 bits per heavy atom. The Hall–Kier alpha value is -4.97. The number of pyridine rings is 1. The van der Waals surface area contributed by atoms with Crippen LogP contribution in [0.1, 0.15) is 27.2 Å². The van der Waals surface area contributed by atoms with E-state index in [1.54, 1.807) is 11.8 Å². The third kappa shape index (κ3) is 3.77. The number of fused-ring (bicyclic) bond motifs is 1. The van der Waals surface area contributed by atoms with E-state index < -0.39 is 5.91 Å². The topological polar surface area (TPSA) is 111 Å². The van der Waals surface area contributed by atoms with Crippen LogP contribution in [0.4, 0.5) is 5.82 Å². The monoisotopic (exact) mass is 463 g/mol. The van der Waals surface area contributed by atoms with Crippen LogP contribution in [0.15, 0.2) is 67.0 Å². The molecule has 0 saturated heterocycles. The number of hydrogen-bond acceptors (Lipinski definition) is 6. The predicted molar refractivity (Wildman–Crippen MR) is 131 cm³/mol. The SMILES string of the molecule is COc1cccc2c(C)cc(-n3ncc(C#N)c3NC(=O)c3cnn(-c4ccccc4)c3C)nc12. The minimum Gasteiger partial charge on any atom is -0.494 e. The lowest BCUT2D eigenvalue weighted by molar-refractivity contribution is 0.102. The molecular weight excluding hydrogens is 442 g/mol. The van der Waals surface area contributed by atoms with Crippen molar-refractivity contribution in [3.8, 4) is 23.3 Å². The number of carbonyl (C=O) groups is 1. The number of nitriles is 1. The third-order valence-corrected chi connectivity index (χ3v) is 5.81. The summed E-state index contributed by atoms with van der Waals surface area (Å²) in [6.07, 6.45) is 2.91. The molecule has 35 heavy (non-hydrogen) atoms. The molecule has 0 spiro atoms. The average molecular weight is 464 g/mol. The van der Waals surface area contributed by atoms with Gasteiger partial charge in [0.05, 0.1) is 36.4 Å². The molecule has 172 valence electrons. The van der Waals surface area contributed by atoms with Crippen LogP contribution in [0.3, 0.4) is 0 Å². The van der Waals surface area contributed by atoms with Crippen molar-refractivity contribution in [3.05, 3.63) is 89.4 Å². The Labute approximate surface area is 201 Å². The van der Waals surface area contributed by atoms with Crippen molar-refractivity contribution in [1.29, 1.82) is 5.26 Å². The lowest BCUT2D eigenvalue weighted by atomic mass is 10.1. The number of rotatable bonds is 5. The first-order valence-corrected chi connectivity index (χ1v) is 10.9. The Kier molecular flexibility index (Phi) is 5.47. The van der Waals surface area contributed by atoms with Gasteiger partial charge in [0.2, 0.25) is 0 Å². The van der Waals surface area contributed by atoms with Crippen LogP contribution in [0, 0.1) is 25.2 Å². The van der Waals surface area contributed by atoms with Crippen LogP contribution in [0.5, 0.6) is 5.75 Å². The van der Waals surface area contributed by atoms with Gasteiger partial charge in [-0.1, -0.05) is 30.3 Å². The minimum atomic E-state index is -0.405. The van der Waals surface area contributed by atoms with Gasteiger partial charge in [-0.15, -0.1) is 0 Å². The molecule has 0 saturated carbocycles. The van der Waals surface area contributed by atoms with Gasteiger partial charge >= 0.3 is 0 Å². The maximum Gasteiger partial charge on any atom is 0.260 e. The fourth-order valence-corrected chi connectivity index (χ4v) is 4.01. The molecule has 0 aliphatic heterocycles. The average Bonchev–Trinajstić information content (AvgIpc) is 3.47. The summed E-state index contributed by atoms with van der Waals surface area (Å²) in [6.45, 7) is 3.78. The van der Waals surface area contributed by atoms with Gasteiger partial charge in [-0.05, 0) is 43.7 Å². The van der Waals surface area contributed by atoms with Crippen LogP contribution in [-0.2, 0) is 0 Å². The molecule has 0 fully saturated rings. The lowest BCUT2D eigenvalue weighted by Gasteiger charge is -2.12. The second-order valence-corrected chi connectivity index (χ2v) is 7.93. The number of aryl methyl sites for hydroxylation is 1. The standard InChI is InChI=1S/C26H21N7O2/c1-16-12-23(30-24-20(16)10-7-11-22(24)35-3)33-25(18(13-27)14-28-33)31-26(34)21-15-29-32(17(21)2)19-8-5-4-6-9-19/h4-12,14-15H,1-3H3,(H,31,34). The number of carbonyl (C=O) groups excluding carboxylic acids is 1. The zero-order valence-corrected chi connectivity index (χ0v) is 19.4. The van der Waals surface area contributed by atoms with Crippen molar-refractivity contribution < 1.29 is 9.53 Å². The molecule has 1 amide bonds. The van der Waals surface area contributed by atoms with Gasteiger partial charge in [0.1, 0.15) is 22.9 Å². The molecule has 9 nitrogen and oxygen atoms in total. The molecule has 5 rings (SSSR count). The second kappa shape index (κ2) is 8.76. The molecule has 0 unspecified atom stereocenters. The molecule has 9 heteroatoms. The lowest BCUT2D eigenvalue weighted by Crippen LogP contribution is -2.17. The summed E-state index contributed by atoms with van der Waals surface area (Å²) >= 11 is 0. The summed E-state index contributed by atoms with van der Waals surface area (Å²) in [5, 5.41) is 22.2. The van der Waals surface area contributed by atoms with E-state index >= 15 is 0 Å². The number of ether oxygens (including phenoxy) is 1. The van der Waals surface area contributed by atoms with E-state index in [1.165, 1.54) is 17.1 Å². The number of benzene rings is 2. The summed E-state index contributed by atoms with van der Waals surface area (Å²) in [5.41, 5.74) is 3.73. The Balaban J connectivity index is 1.55. The Morgan fingerprint density at radius 3 is 2.54 bits per heavy atom. The van der Waals surface area contributed by atoms with Gasteiger partial charge in [-0.2, -0.15) is 20.1 Å². The van der Waals surface area contributed by atoms with Crippen molar-refractivity contribution in [1.82, 2.24) is 24.5 Å². The highest BCUT2D eigenvalue weighted by Gasteiger charge is 2.21. The normalized spacial score (nSPS) is 10.8. The molecule has 0 bridgehead atoms. The number of methoxy groups -OCH3 is 1. The molecule has 1 N–H and O–H groups in total. The molecule has 0 aliphatic carbocycles. The first-order valence-electron chi connectivity index (χ1n) is 10.9. The fraction of sp³-hybridized carbons (Fsp3) is 0.115. The van der Waals surface area contributed by atoms with Gasteiger partial charge in [-0.25, -0.2) is 9.67 Å². The van der Waals surface area contributed by atoms with Crippen molar-refractivity contribution in [2.24, 2.45) is 0 Å². The van der Waals surface area contributed by atoms with Crippen molar-refractivity contribution in [3.63, 3.8) is 0 Å². The number of nitrogens with zero attached hydrogens (tertiary/aromatic N) is 6. The maximum absolute atomic E-state index is 13.3. The van der Waals surface area contributed by atoms with E-state index in [4.69, 9.17) is 9.72 Å². The van der Waals surface area contributed by atoms with Crippen molar-refractivity contribution in [2.45, 2.75) is 13.8 Å². The molecular formula is C26H21N7O2. The van der Waals surface area contributed by atoms with E-state index in [0.29, 0.717) is 28.3 Å². The van der Waals surface area contributed by atoms with Crippen LogP contribution < -0.4 is 10.1 Å². The summed E-state index contributed by atoms with van der Waals surface area (Å²) < 4.78 is 8.62. The largest absolute Gasteiger partial charge is 0.494 e. The number of hydrogen-bond donors (Lipinski definition) is 1. The number of nitrogens with one attached hydrogen (secondary N) is 1. The van der Waals surface area contributed by atoms with Crippen LogP contribution in [0.25, 0.3) is 22.4 Å². The number of para-hydroxylation sites is 2. The Bertz CT molecular complexity index is 1610. The Morgan fingerprint density at radius 2 is 1.80 bits per heavy atom. The zero-order chi connectivity index (χ0) is 24.5. The molecule has 0 radical (unpaired) electrons. The highest BCUT2D eigenvalue weighted by molar-refractivity contribution is 6.05. The molecule has 0 aliphatic rings. The highest BCUT2D eigenvalue weighted by Crippen LogP contribution is 2.29. The molecule has 5 aromatic rings. The van der Waals surface area contributed by atoms with Gasteiger partial charge < -0.3 is 10.1 Å². The van der Waals surface area contributed by atoms with E-state index in [0.717, 1.165) is 16.6 Å². The molecule has 2 aromatic carbocycles. The third-order valence-electron chi connectivity index (χ3n) is 5.81. The van der Waals surface area contributed by atoms with Crippen LogP contribution >= 0.6 is 0 Å². The molecule has 0 atom stereocenters. The quantitative estimate of drug-likeness (QED) is 0.415. The summed E-state index contributed by atoms with van der Waals surface area (Å²) in [4.78, 5) is 18.0. The summed E-state index contributed by atoms with van der Waals surface area (Å²) in [6, 6.07) is 19.2. The minimum absolute atomic E-state index is 0.214. The van der Waals surface area contributed by atoms with E-state index in [-0.39, 0.29) is 11.4 Å². The van der Waals surface area contributed by atoms with E-state index in [9.17, 15) is 10.1 Å².